The van der Waals surface area contributed by atoms with Gasteiger partial charge in [0.1, 0.15) is 11.6 Å². The zero-order chi connectivity index (χ0) is 13.1. The highest BCUT2D eigenvalue weighted by atomic mass is 16.6. The first kappa shape index (κ1) is 11.8. The van der Waals surface area contributed by atoms with Crippen LogP contribution in [0.25, 0.3) is 0 Å². The number of hydrogen-bond donors (Lipinski definition) is 1. The molecular formula is C11H10N4O3. The fraction of sp³-hybridized carbons (Fsp3) is 0.0909. The molecule has 0 atom stereocenters. The van der Waals surface area contributed by atoms with Gasteiger partial charge in [0.15, 0.2) is 0 Å². The molecule has 0 spiro atoms. The van der Waals surface area contributed by atoms with E-state index in [1.165, 1.54) is 18.5 Å². The van der Waals surface area contributed by atoms with Gasteiger partial charge in [-0.15, -0.1) is 0 Å². The van der Waals surface area contributed by atoms with Crippen LogP contribution < -0.4 is 10.5 Å². The molecule has 0 saturated heterocycles. The first-order valence-electron chi connectivity index (χ1n) is 5.06. The average Bonchev–Trinajstić information content (AvgIpc) is 2.31. The van der Waals surface area contributed by atoms with Crippen LogP contribution in [0.1, 0.15) is 5.56 Å². The lowest BCUT2D eigenvalue weighted by atomic mass is 10.2. The minimum Gasteiger partial charge on any atom is -0.437 e. The fourth-order valence-electron chi connectivity index (χ4n) is 1.38. The van der Waals surface area contributed by atoms with Gasteiger partial charge in [-0.25, -0.2) is 0 Å². The molecule has 0 amide bonds. The Bertz CT molecular complexity index is 601. The van der Waals surface area contributed by atoms with Crippen molar-refractivity contribution in [1.82, 2.24) is 9.97 Å². The van der Waals surface area contributed by atoms with Crippen LogP contribution in [0.5, 0.6) is 11.6 Å². The van der Waals surface area contributed by atoms with Crippen LogP contribution in [0.2, 0.25) is 0 Å². The zero-order valence-corrected chi connectivity index (χ0v) is 9.53. The maximum Gasteiger partial charge on any atom is 0.276 e. The van der Waals surface area contributed by atoms with Gasteiger partial charge in [-0.05, 0) is 19.1 Å². The molecule has 0 saturated carbocycles. The van der Waals surface area contributed by atoms with Crippen LogP contribution >= 0.6 is 0 Å². The molecule has 0 unspecified atom stereocenters. The normalized spacial score (nSPS) is 10.1. The monoisotopic (exact) mass is 246 g/mol. The molecule has 2 rings (SSSR count). The lowest BCUT2D eigenvalue weighted by molar-refractivity contribution is -0.385. The van der Waals surface area contributed by atoms with E-state index in [0.717, 1.165) is 0 Å². The molecule has 2 aromatic rings. The van der Waals surface area contributed by atoms with Crippen molar-refractivity contribution in [2.24, 2.45) is 0 Å². The number of nitro benzene ring substituents is 1. The molecule has 0 aliphatic rings. The summed E-state index contributed by atoms with van der Waals surface area (Å²) in [4.78, 5) is 18.0. The third-order valence-electron chi connectivity index (χ3n) is 2.23. The van der Waals surface area contributed by atoms with E-state index in [-0.39, 0.29) is 17.4 Å². The lowest BCUT2D eigenvalue weighted by Gasteiger charge is -2.05. The van der Waals surface area contributed by atoms with Crippen LogP contribution in [-0.4, -0.2) is 14.9 Å². The first-order valence-corrected chi connectivity index (χ1v) is 5.06. The zero-order valence-electron chi connectivity index (χ0n) is 9.53. The highest BCUT2D eigenvalue weighted by Crippen LogP contribution is 2.26. The third kappa shape index (κ3) is 2.51. The molecule has 7 nitrogen and oxygen atoms in total. The second-order valence-electron chi connectivity index (χ2n) is 3.59. The average molecular weight is 246 g/mol. The molecule has 1 aromatic carbocycles. The van der Waals surface area contributed by atoms with Crippen LogP contribution in [-0.2, 0) is 0 Å². The van der Waals surface area contributed by atoms with Crippen molar-refractivity contribution >= 4 is 11.5 Å². The van der Waals surface area contributed by atoms with Crippen LogP contribution in [0, 0.1) is 17.0 Å². The molecule has 92 valence electrons. The lowest BCUT2D eigenvalue weighted by Crippen LogP contribution is -1.96. The SMILES string of the molecule is Cc1ccc(Oc2cncc(N)n2)cc1[N+](=O)[O-]. The standard InChI is InChI=1S/C11H10N4O3/c1-7-2-3-8(4-9(7)15(16)17)18-11-6-13-5-10(12)14-11/h2-6H,1H3,(H2,12,14). The number of anilines is 1. The summed E-state index contributed by atoms with van der Waals surface area (Å²) in [6, 6.07) is 4.56. The smallest absolute Gasteiger partial charge is 0.276 e. The molecule has 0 aliphatic heterocycles. The quantitative estimate of drug-likeness (QED) is 0.656. The van der Waals surface area contributed by atoms with E-state index in [1.54, 1.807) is 19.1 Å². The number of nitro groups is 1. The second kappa shape index (κ2) is 4.66. The molecule has 0 aliphatic carbocycles. The minimum atomic E-state index is -0.465. The van der Waals surface area contributed by atoms with Gasteiger partial charge in [0.25, 0.3) is 5.69 Å². The molecule has 2 N–H and O–H groups in total. The van der Waals surface area contributed by atoms with Crippen molar-refractivity contribution in [3.05, 3.63) is 46.3 Å². The van der Waals surface area contributed by atoms with Gasteiger partial charge < -0.3 is 10.5 Å². The largest absolute Gasteiger partial charge is 0.437 e. The Hall–Kier alpha value is -2.70. The van der Waals surface area contributed by atoms with E-state index in [9.17, 15) is 10.1 Å². The van der Waals surface area contributed by atoms with Crippen molar-refractivity contribution in [2.45, 2.75) is 6.92 Å². The van der Waals surface area contributed by atoms with Crippen molar-refractivity contribution in [2.75, 3.05) is 5.73 Å². The summed E-state index contributed by atoms with van der Waals surface area (Å²) in [5.74, 6) is 0.717. The van der Waals surface area contributed by atoms with Crippen molar-refractivity contribution in [3.8, 4) is 11.6 Å². The molecule has 1 aromatic heterocycles. The molecule has 0 radical (unpaired) electrons. The summed E-state index contributed by atoms with van der Waals surface area (Å²) in [6.45, 7) is 1.65. The topological polar surface area (TPSA) is 104 Å². The minimum absolute atomic E-state index is 0.00985. The van der Waals surface area contributed by atoms with Gasteiger partial charge in [-0.2, -0.15) is 4.98 Å². The van der Waals surface area contributed by atoms with E-state index >= 15 is 0 Å². The van der Waals surface area contributed by atoms with Gasteiger partial charge in [0.2, 0.25) is 5.88 Å². The molecule has 1 heterocycles. The third-order valence-corrected chi connectivity index (χ3v) is 2.23. The van der Waals surface area contributed by atoms with Crippen LogP contribution in [0.4, 0.5) is 11.5 Å². The Morgan fingerprint density at radius 3 is 2.83 bits per heavy atom. The number of hydrogen-bond acceptors (Lipinski definition) is 6. The maximum atomic E-state index is 10.8. The van der Waals surface area contributed by atoms with E-state index < -0.39 is 4.92 Å². The predicted molar refractivity (Wildman–Crippen MR) is 64.4 cm³/mol. The number of ether oxygens (including phenoxy) is 1. The predicted octanol–water partition coefficient (Wildman–Crippen LogP) is 2.07. The van der Waals surface area contributed by atoms with E-state index in [1.807, 2.05) is 0 Å². The Labute approximate surface area is 102 Å². The summed E-state index contributed by atoms with van der Waals surface area (Å²) in [5.41, 5.74) is 6.00. The van der Waals surface area contributed by atoms with Gasteiger partial charge in [0.05, 0.1) is 23.4 Å². The Kier molecular flexibility index (Phi) is 3.05. The number of nitrogen functional groups attached to an aromatic ring is 1. The van der Waals surface area contributed by atoms with Gasteiger partial charge in [0, 0.05) is 5.56 Å². The van der Waals surface area contributed by atoms with E-state index in [4.69, 9.17) is 10.5 Å². The van der Waals surface area contributed by atoms with Gasteiger partial charge >= 0.3 is 0 Å². The van der Waals surface area contributed by atoms with Gasteiger partial charge in [-0.1, -0.05) is 0 Å². The fourth-order valence-corrected chi connectivity index (χ4v) is 1.38. The summed E-state index contributed by atoms with van der Waals surface area (Å²) in [7, 11) is 0. The molecule has 7 heteroatoms. The summed E-state index contributed by atoms with van der Waals surface area (Å²) in [5, 5.41) is 10.8. The second-order valence-corrected chi connectivity index (χ2v) is 3.59. The number of rotatable bonds is 3. The first-order chi connectivity index (χ1) is 8.56. The maximum absolute atomic E-state index is 10.8. The molecular weight excluding hydrogens is 236 g/mol. The van der Waals surface area contributed by atoms with E-state index in [0.29, 0.717) is 11.3 Å². The molecule has 18 heavy (non-hydrogen) atoms. The Morgan fingerprint density at radius 2 is 2.17 bits per heavy atom. The van der Waals surface area contributed by atoms with Crippen molar-refractivity contribution < 1.29 is 9.66 Å². The van der Waals surface area contributed by atoms with Crippen molar-refractivity contribution in [1.29, 1.82) is 0 Å². The number of nitrogens with two attached hydrogens (primary N) is 1. The molecule has 0 fully saturated rings. The van der Waals surface area contributed by atoms with Gasteiger partial charge in [-0.3, -0.25) is 15.1 Å². The molecule has 0 bridgehead atoms. The Morgan fingerprint density at radius 1 is 1.39 bits per heavy atom. The highest BCUT2D eigenvalue weighted by molar-refractivity contribution is 5.46. The highest BCUT2D eigenvalue weighted by Gasteiger charge is 2.12. The summed E-state index contributed by atoms with van der Waals surface area (Å²) >= 11 is 0. The summed E-state index contributed by atoms with van der Waals surface area (Å²) in [6.07, 6.45) is 2.76. The number of aryl methyl sites for hydroxylation is 1. The number of nitrogens with zero attached hydrogens (tertiary/aromatic N) is 3. The number of aromatic nitrogens is 2. The number of benzene rings is 1. The van der Waals surface area contributed by atoms with Crippen LogP contribution in [0.3, 0.4) is 0 Å². The van der Waals surface area contributed by atoms with Crippen molar-refractivity contribution in [3.63, 3.8) is 0 Å². The Balaban J connectivity index is 2.30. The van der Waals surface area contributed by atoms with E-state index in [2.05, 4.69) is 9.97 Å². The summed E-state index contributed by atoms with van der Waals surface area (Å²) < 4.78 is 5.35. The van der Waals surface area contributed by atoms with Crippen LogP contribution in [0.15, 0.2) is 30.6 Å².